The summed E-state index contributed by atoms with van der Waals surface area (Å²) < 4.78 is 40.7. The van der Waals surface area contributed by atoms with E-state index in [0.29, 0.717) is 41.0 Å². The van der Waals surface area contributed by atoms with Crippen molar-refractivity contribution in [3.05, 3.63) is 51.5 Å². The number of aliphatic hydroxyl groups excluding tert-OH is 1. The molecule has 1 atom stereocenters. The number of thiophene rings is 1. The first-order valence-corrected chi connectivity index (χ1v) is 12.5. The van der Waals surface area contributed by atoms with Gasteiger partial charge in [-0.25, -0.2) is 17.6 Å². The van der Waals surface area contributed by atoms with Crippen molar-refractivity contribution < 1.29 is 27.5 Å². The van der Waals surface area contributed by atoms with Gasteiger partial charge in [-0.3, -0.25) is 0 Å². The minimum atomic E-state index is -3.88. The third-order valence-electron chi connectivity index (χ3n) is 5.18. The van der Waals surface area contributed by atoms with E-state index < -0.39 is 33.3 Å². The maximum Gasteiger partial charge on any atom is 0.340 e. The van der Waals surface area contributed by atoms with Gasteiger partial charge in [-0.15, -0.1) is 11.3 Å². The summed E-state index contributed by atoms with van der Waals surface area (Å²) in [7, 11) is -2.48. The molecule has 2 aromatic rings. The number of sulfonamides is 1. The third kappa shape index (κ3) is 5.25. The molecule has 7 nitrogen and oxygen atoms in total. The molecule has 10 heteroatoms. The molecule has 1 heterocycles. The van der Waals surface area contributed by atoms with E-state index in [1.54, 1.807) is 26.2 Å². The molecule has 1 aliphatic rings. The summed E-state index contributed by atoms with van der Waals surface area (Å²) in [6.07, 6.45) is 0.733. The molecule has 0 radical (unpaired) electrons. The number of benzene rings is 1. The SMILES string of the molecule is CN(CC(O)c1ccc(F)cc1)S(=O)(=O)c1csc2c1CCC/C2=N\OC(=O)C(C)(C)C. The molecule has 32 heavy (non-hydrogen) atoms. The lowest BCUT2D eigenvalue weighted by Gasteiger charge is -2.22. The van der Waals surface area contributed by atoms with Gasteiger partial charge in [-0.1, -0.05) is 17.3 Å². The standard InChI is InChI=1S/C22H27FN2O5S2/c1-22(2,3)21(27)30-24-17-7-5-6-16-19(13-31-20(16)17)32(28,29)25(4)12-18(26)14-8-10-15(23)11-9-14/h8-11,13,18,26H,5-7,12H2,1-4H3/b24-17+. The van der Waals surface area contributed by atoms with Crippen LogP contribution >= 0.6 is 11.3 Å². The van der Waals surface area contributed by atoms with E-state index in [4.69, 9.17) is 4.84 Å². The molecule has 3 rings (SSSR count). The molecule has 0 saturated heterocycles. The van der Waals surface area contributed by atoms with Crippen LogP contribution in [0.3, 0.4) is 0 Å². The molecule has 0 aliphatic heterocycles. The summed E-state index contributed by atoms with van der Waals surface area (Å²) in [6.45, 7) is 5.01. The van der Waals surface area contributed by atoms with Gasteiger partial charge in [0, 0.05) is 19.0 Å². The molecule has 0 bridgehead atoms. The van der Waals surface area contributed by atoms with Crippen molar-refractivity contribution in [2.75, 3.05) is 13.6 Å². The summed E-state index contributed by atoms with van der Waals surface area (Å²) in [4.78, 5) is 18.0. The summed E-state index contributed by atoms with van der Waals surface area (Å²) in [5.41, 5.74) is 0.939. The molecule has 0 spiro atoms. The number of hydrogen-bond donors (Lipinski definition) is 1. The van der Waals surface area contributed by atoms with Crippen LogP contribution in [0.1, 0.15) is 55.7 Å². The van der Waals surface area contributed by atoms with Crippen LogP contribution < -0.4 is 0 Å². The number of oxime groups is 1. The molecule has 174 valence electrons. The Morgan fingerprint density at radius 1 is 1.28 bits per heavy atom. The number of rotatable bonds is 6. The largest absolute Gasteiger partial charge is 0.387 e. The first kappa shape index (κ1) is 24.5. The number of carbonyl (C=O) groups excluding carboxylic acids is 1. The van der Waals surface area contributed by atoms with Crippen LogP contribution in [0.25, 0.3) is 0 Å². The highest BCUT2D eigenvalue weighted by molar-refractivity contribution is 7.89. The average Bonchev–Trinajstić information content (AvgIpc) is 3.17. The van der Waals surface area contributed by atoms with E-state index >= 15 is 0 Å². The van der Waals surface area contributed by atoms with Gasteiger partial charge in [-0.2, -0.15) is 4.31 Å². The van der Waals surface area contributed by atoms with Crippen LogP contribution in [-0.4, -0.2) is 43.1 Å². The predicted molar refractivity (Wildman–Crippen MR) is 121 cm³/mol. The molecule has 1 aliphatic carbocycles. The number of aliphatic hydroxyl groups is 1. The Balaban J connectivity index is 1.81. The molecule has 0 saturated carbocycles. The zero-order chi connectivity index (χ0) is 23.7. The van der Waals surface area contributed by atoms with Crippen molar-refractivity contribution in [2.24, 2.45) is 10.6 Å². The van der Waals surface area contributed by atoms with Crippen molar-refractivity contribution in [2.45, 2.75) is 51.0 Å². The second-order valence-corrected chi connectivity index (χ2v) is 11.7. The smallest absolute Gasteiger partial charge is 0.340 e. The van der Waals surface area contributed by atoms with Crippen LogP contribution in [-0.2, 0) is 26.1 Å². The number of fused-ring (bicyclic) bond motifs is 1. The quantitative estimate of drug-likeness (QED) is 0.498. The molecule has 1 N–H and O–H groups in total. The summed E-state index contributed by atoms with van der Waals surface area (Å²) in [6, 6.07) is 5.29. The Hall–Kier alpha value is -2.14. The van der Waals surface area contributed by atoms with E-state index in [0.717, 1.165) is 4.31 Å². The van der Waals surface area contributed by atoms with Crippen LogP contribution in [0.15, 0.2) is 39.7 Å². The number of carbonyl (C=O) groups is 1. The lowest BCUT2D eigenvalue weighted by atomic mass is 9.97. The third-order valence-corrected chi connectivity index (χ3v) is 8.29. The van der Waals surface area contributed by atoms with Crippen molar-refractivity contribution in [3.63, 3.8) is 0 Å². The number of halogens is 1. The van der Waals surface area contributed by atoms with Gasteiger partial charge >= 0.3 is 5.97 Å². The summed E-state index contributed by atoms with van der Waals surface area (Å²) >= 11 is 1.25. The topological polar surface area (TPSA) is 96.3 Å². The number of likely N-dealkylation sites (N-methyl/N-ethyl adjacent to an activating group) is 1. The van der Waals surface area contributed by atoms with Gasteiger partial charge in [0.05, 0.1) is 27.0 Å². The molecular formula is C22H27FN2O5S2. The van der Waals surface area contributed by atoms with Gasteiger partial charge in [0.25, 0.3) is 0 Å². The van der Waals surface area contributed by atoms with Crippen molar-refractivity contribution in [1.82, 2.24) is 4.31 Å². The maximum absolute atomic E-state index is 13.2. The summed E-state index contributed by atoms with van der Waals surface area (Å²) in [5, 5.41) is 16.0. The van der Waals surface area contributed by atoms with Crippen LogP contribution in [0.4, 0.5) is 4.39 Å². The van der Waals surface area contributed by atoms with E-state index in [9.17, 15) is 22.7 Å². The highest BCUT2D eigenvalue weighted by Gasteiger charge is 2.32. The van der Waals surface area contributed by atoms with Gasteiger partial charge < -0.3 is 9.94 Å². The van der Waals surface area contributed by atoms with Crippen molar-refractivity contribution in [3.8, 4) is 0 Å². The van der Waals surface area contributed by atoms with Gasteiger partial charge in [-0.05, 0) is 63.3 Å². The zero-order valence-corrected chi connectivity index (χ0v) is 20.1. The monoisotopic (exact) mass is 482 g/mol. The molecule has 1 aromatic heterocycles. The Labute approximate surface area is 191 Å². The highest BCUT2D eigenvalue weighted by atomic mass is 32.2. The molecule has 0 amide bonds. The Morgan fingerprint density at radius 3 is 2.56 bits per heavy atom. The van der Waals surface area contributed by atoms with Gasteiger partial charge in [0.1, 0.15) is 5.82 Å². The van der Waals surface area contributed by atoms with Gasteiger partial charge in [0.15, 0.2) is 0 Å². The lowest BCUT2D eigenvalue weighted by molar-refractivity contribution is -0.152. The second-order valence-electron chi connectivity index (χ2n) is 8.78. The highest BCUT2D eigenvalue weighted by Crippen LogP contribution is 2.35. The molecule has 0 fully saturated rings. The lowest BCUT2D eigenvalue weighted by Crippen LogP contribution is -2.32. The van der Waals surface area contributed by atoms with E-state index in [2.05, 4.69) is 5.16 Å². The maximum atomic E-state index is 13.2. The fourth-order valence-corrected chi connectivity index (χ4v) is 6.11. The fourth-order valence-electron chi connectivity index (χ4n) is 3.23. The normalized spacial score (nSPS) is 16.8. The van der Waals surface area contributed by atoms with Crippen LogP contribution in [0.2, 0.25) is 0 Å². The Bertz CT molecular complexity index is 1120. The van der Waals surface area contributed by atoms with Crippen molar-refractivity contribution >= 4 is 33.0 Å². The first-order valence-electron chi connectivity index (χ1n) is 10.2. The van der Waals surface area contributed by atoms with Crippen LogP contribution in [0.5, 0.6) is 0 Å². The minimum absolute atomic E-state index is 0.167. The molecule has 1 aromatic carbocycles. The second kappa shape index (κ2) is 9.38. The summed E-state index contributed by atoms with van der Waals surface area (Å²) in [5.74, 6) is -0.895. The van der Waals surface area contributed by atoms with Crippen LogP contribution in [0, 0.1) is 11.2 Å². The fraction of sp³-hybridized carbons (Fsp3) is 0.455. The Kier molecular flexibility index (Phi) is 7.18. The van der Waals surface area contributed by atoms with E-state index in [-0.39, 0.29) is 11.4 Å². The predicted octanol–water partition coefficient (Wildman–Crippen LogP) is 3.87. The van der Waals surface area contributed by atoms with E-state index in [1.807, 2.05) is 0 Å². The zero-order valence-electron chi connectivity index (χ0n) is 18.5. The molecule has 1 unspecified atom stereocenters. The van der Waals surface area contributed by atoms with Gasteiger partial charge in [0.2, 0.25) is 10.0 Å². The Morgan fingerprint density at radius 2 is 1.94 bits per heavy atom. The average molecular weight is 483 g/mol. The minimum Gasteiger partial charge on any atom is -0.387 e. The number of hydrogen-bond acceptors (Lipinski definition) is 7. The number of nitrogens with zero attached hydrogens (tertiary/aromatic N) is 2. The van der Waals surface area contributed by atoms with Crippen molar-refractivity contribution in [1.29, 1.82) is 0 Å². The first-order chi connectivity index (χ1) is 14.9. The van der Waals surface area contributed by atoms with E-state index in [1.165, 1.54) is 42.6 Å². The molecular weight excluding hydrogens is 455 g/mol.